The molecule has 1 aliphatic rings. The maximum absolute atomic E-state index is 14.3. The van der Waals surface area contributed by atoms with Crippen molar-refractivity contribution in [2.75, 3.05) is 79.3 Å². The lowest BCUT2D eigenvalue weighted by Gasteiger charge is -2.16. The summed E-state index contributed by atoms with van der Waals surface area (Å²) < 4.78 is 74.5. The van der Waals surface area contributed by atoms with Crippen molar-refractivity contribution in [1.29, 1.82) is 0 Å². The summed E-state index contributed by atoms with van der Waals surface area (Å²) >= 11 is 0. The third-order valence-electron chi connectivity index (χ3n) is 18.1. The van der Waals surface area contributed by atoms with Crippen LogP contribution in [0.5, 0.6) is 46.0 Å². The summed E-state index contributed by atoms with van der Waals surface area (Å²) in [6.07, 6.45) is 50.7. The van der Waals surface area contributed by atoms with Gasteiger partial charge in [0, 0.05) is 6.07 Å². The molecule has 4 aromatic rings. The predicted molar refractivity (Wildman–Crippen MR) is 396 cm³/mol. The lowest BCUT2D eigenvalue weighted by Crippen LogP contribution is -2.13. The first kappa shape index (κ1) is 82.3. The second kappa shape index (κ2) is 57.4. The van der Waals surface area contributed by atoms with E-state index in [-0.39, 0.29) is 25.4 Å². The van der Waals surface area contributed by atoms with E-state index < -0.39 is 5.97 Å². The standard InChI is InChI=1S/C84H134O13/c1-5-9-13-17-21-25-29-33-37-41-51-89-78-48-45-72(63-81(78)91-53-43-39-35-31-27-23-19-15-11-7-3)69-95-76-66-75(84(85)97-71-74-47-50-80-83(65-74)94-62-60-88-58-56-86-55-57-87-59-61-93-80)67-77(68-76)96-70-73-46-49-79(90-52-42-38-34-30-26-22-18-14-10-6-2)82(64-73)92-54-44-40-36-32-28-24-20-16-12-8-4/h45-50,63-68H,5-44,51-62,69-71H2,1-4H3. The summed E-state index contributed by atoms with van der Waals surface area (Å²) in [6.45, 7) is 15.4. The molecule has 13 nitrogen and oxygen atoms in total. The summed E-state index contributed by atoms with van der Waals surface area (Å²) in [5.74, 6) is 4.45. The van der Waals surface area contributed by atoms with E-state index in [1.54, 1.807) is 12.1 Å². The van der Waals surface area contributed by atoms with Crippen molar-refractivity contribution < 1.29 is 61.6 Å². The Labute approximate surface area is 589 Å². The molecule has 548 valence electrons. The lowest BCUT2D eigenvalue weighted by molar-refractivity contribution is 0.00708. The largest absolute Gasteiger partial charge is 0.490 e. The second-order valence-corrected chi connectivity index (χ2v) is 26.8. The molecule has 1 aliphatic heterocycles. The molecular weight excluding hydrogens is 1220 g/mol. The minimum atomic E-state index is -0.533. The van der Waals surface area contributed by atoms with Crippen LogP contribution in [0.15, 0.2) is 72.8 Å². The van der Waals surface area contributed by atoms with E-state index in [1.165, 1.54) is 205 Å². The smallest absolute Gasteiger partial charge is 0.338 e. The predicted octanol–water partition coefficient (Wildman–Crippen LogP) is 23.2. The Hall–Kier alpha value is -5.37. The SMILES string of the molecule is CCCCCCCCCCCCOc1ccc(COc2cc(OCc3ccc(OCCCCCCCCCCCC)c(OCCCCCCCCCCCC)c3)cc(C(=O)OCc3ccc4c(c3)OCCOCCOCCOCCO4)c2)cc1OCCCCCCCCCCCC. The molecule has 0 aromatic heterocycles. The first-order valence-corrected chi connectivity index (χ1v) is 39.5. The highest BCUT2D eigenvalue weighted by Gasteiger charge is 2.17. The zero-order valence-electron chi connectivity index (χ0n) is 61.6. The highest BCUT2D eigenvalue weighted by atomic mass is 16.6. The van der Waals surface area contributed by atoms with Gasteiger partial charge >= 0.3 is 5.97 Å². The molecule has 0 aliphatic carbocycles. The number of rotatable bonds is 57. The first-order valence-electron chi connectivity index (χ1n) is 39.5. The van der Waals surface area contributed by atoms with Crippen molar-refractivity contribution in [1.82, 2.24) is 0 Å². The van der Waals surface area contributed by atoms with E-state index in [2.05, 4.69) is 27.7 Å². The Bertz CT molecular complexity index is 2410. The minimum absolute atomic E-state index is 0.0151. The van der Waals surface area contributed by atoms with Crippen molar-refractivity contribution in [3.63, 3.8) is 0 Å². The molecule has 0 amide bonds. The normalized spacial score (nSPS) is 13.0. The molecule has 0 saturated carbocycles. The maximum Gasteiger partial charge on any atom is 0.338 e. The zero-order chi connectivity index (χ0) is 68.4. The third kappa shape index (κ3) is 40.5. The molecule has 1 heterocycles. The molecule has 0 radical (unpaired) electrons. The molecular formula is C84H134O13. The topological polar surface area (TPSA) is 128 Å². The Balaban J connectivity index is 1.31. The lowest BCUT2D eigenvalue weighted by atomic mass is 10.1. The molecule has 0 N–H and O–H groups in total. The van der Waals surface area contributed by atoms with Crippen LogP contribution in [0, 0.1) is 0 Å². The third-order valence-corrected chi connectivity index (χ3v) is 18.1. The molecule has 4 aromatic carbocycles. The van der Waals surface area contributed by atoms with Crippen LogP contribution in [0.1, 0.15) is 312 Å². The Morgan fingerprint density at radius 3 is 0.948 bits per heavy atom. The summed E-state index contributed by atoms with van der Waals surface area (Å²) in [6, 6.07) is 23.0. The van der Waals surface area contributed by atoms with Gasteiger partial charge in [0.1, 0.15) is 44.5 Å². The van der Waals surface area contributed by atoms with Crippen LogP contribution in [0.4, 0.5) is 0 Å². The quantitative estimate of drug-likeness (QED) is 0.0308. The fourth-order valence-corrected chi connectivity index (χ4v) is 12.1. The van der Waals surface area contributed by atoms with Crippen LogP contribution >= 0.6 is 0 Å². The molecule has 0 atom stereocenters. The van der Waals surface area contributed by atoms with Gasteiger partial charge in [0.05, 0.1) is 71.6 Å². The number of benzene rings is 4. The van der Waals surface area contributed by atoms with E-state index >= 15 is 0 Å². The number of hydrogen-bond donors (Lipinski definition) is 0. The van der Waals surface area contributed by atoms with E-state index in [0.29, 0.717) is 102 Å². The van der Waals surface area contributed by atoms with Gasteiger partial charge in [0.15, 0.2) is 34.5 Å². The second-order valence-electron chi connectivity index (χ2n) is 26.8. The molecule has 0 unspecified atom stereocenters. The molecule has 97 heavy (non-hydrogen) atoms. The van der Waals surface area contributed by atoms with Gasteiger partial charge in [-0.1, -0.05) is 277 Å². The number of unbranched alkanes of at least 4 members (excludes halogenated alkanes) is 36. The van der Waals surface area contributed by atoms with Gasteiger partial charge in [-0.2, -0.15) is 0 Å². The summed E-state index contributed by atoms with van der Waals surface area (Å²) in [7, 11) is 0. The molecule has 0 bridgehead atoms. The maximum atomic E-state index is 14.3. The van der Waals surface area contributed by atoms with Gasteiger partial charge in [-0.15, -0.1) is 0 Å². The van der Waals surface area contributed by atoms with Crippen molar-refractivity contribution in [2.24, 2.45) is 0 Å². The van der Waals surface area contributed by atoms with Crippen LogP contribution < -0.4 is 37.9 Å². The Morgan fingerprint density at radius 1 is 0.289 bits per heavy atom. The van der Waals surface area contributed by atoms with Crippen LogP contribution in [0.25, 0.3) is 0 Å². The monoisotopic (exact) mass is 1350 g/mol. The average Bonchev–Trinajstić information content (AvgIpc) is 1.23. The number of ether oxygens (including phenoxy) is 12. The van der Waals surface area contributed by atoms with Gasteiger partial charge in [0.2, 0.25) is 0 Å². The molecule has 0 saturated heterocycles. The highest BCUT2D eigenvalue weighted by molar-refractivity contribution is 5.90. The van der Waals surface area contributed by atoms with Crippen molar-refractivity contribution in [2.45, 2.75) is 304 Å². The van der Waals surface area contributed by atoms with Crippen LogP contribution in [0.3, 0.4) is 0 Å². The number of hydrogen-bond acceptors (Lipinski definition) is 13. The zero-order valence-corrected chi connectivity index (χ0v) is 61.6. The van der Waals surface area contributed by atoms with Crippen LogP contribution in [-0.2, 0) is 38.8 Å². The van der Waals surface area contributed by atoms with Gasteiger partial charge < -0.3 is 56.8 Å². The van der Waals surface area contributed by atoms with Gasteiger partial charge in [-0.05, 0) is 90.9 Å². The van der Waals surface area contributed by atoms with Crippen molar-refractivity contribution >= 4 is 5.97 Å². The van der Waals surface area contributed by atoms with Gasteiger partial charge in [-0.3, -0.25) is 0 Å². The Kier molecular flexibility index (Phi) is 48.7. The highest BCUT2D eigenvalue weighted by Crippen LogP contribution is 2.34. The van der Waals surface area contributed by atoms with E-state index in [4.69, 9.17) is 56.8 Å². The van der Waals surface area contributed by atoms with Crippen LogP contribution in [0.2, 0.25) is 0 Å². The molecule has 5 rings (SSSR count). The summed E-state index contributed by atoms with van der Waals surface area (Å²) in [4.78, 5) is 14.3. The number of carbonyl (C=O) groups is 1. The average molecular weight is 1350 g/mol. The number of fused-ring (bicyclic) bond motifs is 1. The Morgan fingerprint density at radius 2 is 0.588 bits per heavy atom. The van der Waals surface area contributed by atoms with Gasteiger partial charge in [0.25, 0.3) is 0 Å². The van der Waals surface area contributed by atoms with Crippen LogP contribution in [-0.4, -0.2) is 85.3 Å². The van der Waals surface area contributed by atoms with E-state index in [9.17, 15) is 4.79 Å². The number of esters is 1. The summed E-state index contributed by atoms with van der Waals surface area (Å²) in [5.41, 5.74) is 2.85. The molecule has 0 fully saturated rings. The summed E-state index contributed by atoms with van der Waals surface area (Å²) in [5, 5.41) is 0. The van der Waals surface area contributed by atoms with E-state index in [0.717, 1.165) is 91.1 Å². The molecule has 0 spiro atoms. The minimum Gasteiger partial charge on any atom is -0.490 e. The fourth-order valence-electron chi connectivity index (χ4n) is 12.1. The number of carbonyl (C=O) groups excluding carboxylic acids is 1. The molecule has 13 heteroatoms. The van der Waals surface area contributed by atoms with Gasteiger partial charge in [-0.25, -0.2) is 4.79 Å². The fraction of sp³-hybridized carbons (Fsp3) is 0.702. The first-order chi connectivity index (χ1) is 48.0. The van der Waals surface area contributed by atoms with Crippen molar-refractivity contribution in [3.05, 3.63) is 95.1 Å². The van der Waals surface area contributed by atoms with E-state index in [1.807, 2.05) is 60.7 Å². The van der Waals surface area contributed by atoms with Crippen molar-refractivity contribution in [3.8, 4) is 46.0 Å².